The summed E-state index contributed by atoms with van der Waals surface area (Å²) in [5.74, 6) is 1.73. The second-order valence-corrected chi connectivity index (χ2v) is 5.52. The number of aliphatic imine (C=N–C) groups is 1. The number of aryl methyl sites for hydroxylation is 1. The van der Waals surface area contributed by atoms with E-state index in [1.807, 2.05) is 18.2 Å². The van der Waals surface area contributed by atoms with Crippen molar-refractivity contribution >= 4 is 33.7 Å². The third-order valence-corrected chi connectivity index (χ3v) is 3.86. The summed E-state index contributed by atoms with van der Waals surface area (Å²) in [5, 5.41) is 1.07. The second kappa shape index (κ2) is 6.12. The van der Waals surface area contributed by atoms with Crippen LogP contribution < -0.4 is 21.8 Å². The lowest BCUT2D eigenvalue weighted by molar-refractivity contribution is -0.675. The summed E-state index contributed by atoms with van der Waals surface area (Å²) in [7, 11) is 0. The summed E-state index contributed by atoms with van der Waals surface area (Å²) >= 11 is 0. The summed E-state index contributed by atoms with van der Waals surface area (Å²) in [6.45, 7) is 3.35. The number of nitrogens with one attached hydrogen (secondary N) is 1. The molecule has 0 aliphatic heterocycles. The van der Waals surface area contributed by atoms with Crippen LogP contribution in [0, 0.1) is 0 Å². The standard InChI is InChI=1S/C16H21N7/c1-2-5-12-22-13-14(23(12)9-8-20-16(18)19)10-6-3-4-7-11(10)21-15(13)17/h3-4,6-7H,2,5,8-9H2,1H3,(H6,17,18,19,20,21)/p+1. The number of aromatic nitrogens is 3. The highest BCUT2D eigenvalue weighted by atomic mass is 15.1. The third-order valence-electron chi connectivity index (χ3n) is 3.86. The SMILES string of the molecule is CCCc1[nH]c2c(N)nc3ccccc3c2[n+]1CCN=C(N)N. The molecule has 3 rings (SSSR count). The highest BCUT2D eigenvalue weighted by Gasteiger charge is 2.22. The van der Waals surface area contributed by atoms with Gasteiger partial charge in [0, 0.05) is 6.42 Å². The van der Waals surface area contributed by atoms with Crippen molar-refractivity contribution in [2.75, 3.05) is 12.3 Å². The number of hydrogen-bond acceptors (Lipinski definition) is 3. The molecule has 0 aliphatic carbocycles. The first-order valence-corrected chi connectivity index (χ1v) is 7.75. The molecule has 3 aromatic rings. The summed E-state index contributed by atoms with van der Waals surface area (Å²) < 4.78 is 2.21. The number of aromatic amines is 1. The van der Waals surface area contributed by atoms with Crippen molar-refractivity contribution < 1.29 is 4.57 Å². The number of imidazole rings is 1. The Morgan fingerprint density at radius 1 is 1.30 bits per heavy atom. The molecule has 0 bridgehead atoms. The quantitative estimate of drug-likeness (QED) is 0.316. The normalized spacial score (nSPS) is 11.2. The Morgan fingerprint density at radius 2 is 2.09 bits per heavy atom. The van der Waals surface area contributed by atoms with Gasteiger partial charge in [0.2, 0.25) is 5.52 Å². The third kappa shape index (κ3) is 2.77. The van der Waals surface area contributed by atoms with E-state index in [9.17, 15) is 0 Å². The number of fused-ring (bicyclic) bond motifs is 3. The van der Waals surface area contributed by atoms with Gasteiger partial charge in [-0.3, -0.25) is 0 Å². The molecule has 0 saturated heterocycles. The summed E-state index contributed by atoms with van der Waals surface area (Å²) in [6.07, 6.45) is 1.95. The van der Waals surface area contributed by atoms with Crippen LogP contribution in [0.1, 0.15) is 19.2 Å². The maximum absolute atomic E-state index is 6.15. The molecule has 0 radical (unpaired) electrons. The zero-order chi connectivity index (χ0) is 16.4. The lowest BCUT2D eigenvalue weighted by atomic mass is 10.2. The van der Waals surface area contributed by atoms with E-state index in [0.29, 0.717) is 18.9 Å². The first kappa shape index (κ1) is 15.1. The summed E-state index contributed by atoms with van der Waals surface area (Å²) in [5.41, 5.74) is 19.8. The van der Waals surface area contributed by atoms with Crippen LogP contribution in [0.2, 0.25) is 0 Å². The van der Waals surface area contributed by atoms with E-state index in [4.69, 9.17) is 17.2 Å². The summed E-state index contributed by atoms with van der Waals surface area (Å²) in [4.78, 5) is 12.0. The van der Waals surface area contributed by atoms with Crippen molar-refractivity contribution in [3.05, 3.63) is 30.1 Å². The fourth-order valence-corrected chi connectivity index (χ4v) is 2.92. The fraction of sp³-hybridized carbons (Fsp3) is 0.312. The number of benzene rings is 1. The van der Waals surface area contributed by atoms with E-state index in [1.54, 1.807) is 0 Å². The Labute approximate surface area is 134 Å². The minimum atomic E-state index is 0.105. The van der Waals surface area contributed by atoms with Gasteiger partial charge in [0.05, 0.1) is 17.4 Å². The van der Waals surface area contributed by atoms with Gasteiger partial charge in [-0.2, -0.15) is 0 Å². The van der Waals surface area contributed by atoms with E-state index in [0.717, 1.165) is 40.6 Å². The van der Waals surface area contributed by atoms with Crippen molar-refractivity contribution in [3.63, 3.8) is 0 Å². The number of hydrogen-bond donors (Lipinski definition) is 4. The van der Waals surface area contributed by atoms with Gasteiger partial charge < -0.3 is 17.2 Å². The average molecular weight is 312 g/mol. The lowest BCUT2D eigenvalue weighted by Crippen LogP contribution is -2.39. The van der Waals surface area contributed by atoms with Crippen molar-refractivity contribution in [2.45, 2.75) is 26.3 Å². The van der Waals surface area contributed by atoms with E-state index in [-0.39, 0.29) is 5.96 Å². The van der Waals surface area contributed by atoms with E-state index in [1.165, 1.54) is 0 Å². The molecular formula is C16H22N7+. The zero-order valence-corrected chi connectivity index (χ0v) is 13.2. The number of H-pyrrole nitrogens is 1. The van der Waals surface area contributed by atoms with E-state index >= 15 is 0 Å². The van der Waals surface area contributed by atoms with Crippen molar-refractivity contribution in [2.24, 2.45) is 16.5 Å². The number of nitrogens with two attached hydrogens (primary N) is 3. The molecule has 0 saturated carbocycles. The molecule has 0 fully saturated rings. The minimum absolute atomic E-state index is 0.105. The van der Waals surface area contributed by atoms with Crippen LogP contribution in [0.15, 0.2) is 29.3 Å². The van der Waals surface area contributed by atoms with Gasteiger partial charge in [-0.15, -0.1) is 0 Å². The van der Waals surface area contributed by atoms with Gasteiger partial charge in [0.15, 0.2) is 17.3 Å². The van der Waals surface area contributed by atoms with Crippen LogP contribution in [0.3, 0.4) is 0 Å². The molecule has 0 amide bonds. The Hall–Kier alpha value is -2.83. The van der Waals surface area contributed by atoms with Crippen LogP contribution in [-0.2, 0) is 13.0 Å². The molecule has 120 valence electrons. The Balaban J connectivity index is 2.24. The fourth-order valence-electron chi connectivity index (χ4n) is 2.92. The second-order valence-electron chi connectivity index (χ2n) is 5.52. The van der Waals surface area contributed by atoms with Crippen molar-refractivity contribution in [1.29, 1.82) is 0 Å². The Kier molecular flexibility index (Phi) is 4.01. The number of nitrogens with zero attached hydrogens (tertiary/aromatic N) is 3. The lowest BCUT2D eigenvalue weighted by Gasteiger charge is -2.03. The molecule has 1 aromatic carbocycles. The first-order valence-electron chi connectivity index (χ1n) is 7.75. The number of pyridine rings is 1. The van der Waals surface area contributed by atoms with Gasteiger partial charge in [-0.25, -0.2) is 19.5 Å². The van der Waals surface area contributed by atoms with Crippen LogP contribution in [0.5, 0.6) is 0 Å². The molecule has 2 heterocycles. The summed E-state index contributed by atoms with van der Waals surface area (Å²) in [6, 6.07) is 8.00. The molecule has 0 spiro atoms. The molecule has 7 N–H and O–H groups in total. The number of para-hydroxylation sites is 1. The Morgan fingerprint density at radius 3 is 2.83 bits per heavy atom. The zero-order valence-electron chi connectivity index (χ0n) is 13.2. The number of guanidine groups is 1. The van der Waals surface area contributed by atoms with Crippen molar-refractivity contribution in [3.8, 4) is 0 Å². The smallest absolute Gasteiger partial charge is 0.255 e. The molecule has 0 atom stereocenters. The van der Waals surface area contributed by atoms with E-state index < -0.39 is 0 Å². The van der Waals surface area contributed by atoms with Gasteiger partial charge in [0.1, 0.15) is 6.54 Å². The maximum atomic E-state index is 6.15. The van der Waals surface area contributed by atoms with Crippen LogP contribution >= 0.6 is 0 Å². The molecular weight excluding hydrogens is 290 g/mol. The maximum Gasteiger partial charge on any atom is 0.255 e. The van der Waals surface area contributed by atoms with Crippen LogP contribution in [0.25, 0.3) is 21.9 Å². The van der Waals surface area contributed by atoms with Gasteiger partial charge in [-0.05, 0) is 18.6 Å². The van der Waals surface area contributed by atoms with E-state index in [2.05, 4.69) is 32.5 Å². The highest BCUT2D eigenvalue weighted by Crippen LogP contribution is 2.25. The molecule has 0 unspecified atom stereocenters. The number of anilines is 1. The van der Waals surface area contributed by atoms with Gasteiger partial charge in [-0.1, -0.05) is 19.1 Å². The number of rotatable bonds is 5. The van der Waals surface area contributed by atoms with Gasteiger partial charge >= 0.3 is 0 Å². The molecule has 7 heteroatoms. The van der Waals surface area contributed by atoms with Crippen LogP contribution in [0.4, 0.5) is 5.82 Å². The Bertz CT molecular complexity index is 875. The average Bonchev–Trinajstić information content (AvgIpc) is 2.87. The molecule has 2 aromatic heterocycles. The number of nitrogen functional groups attached to an aromatic ring is 1. The van der Waals surface area contributed by atoms with Gasteiger partial charge in [0.25, 0.3) is 5.82 Å². The first-order chi connectivity index (χ1) is 11.1. The predicted octanol–water partition coefficient (Wildman–Crippen LogP) is 0.812. The highest BCUT2D eigenvalue weighted by molar-refractivity contribution is 6.04. The molecule has 7 nitrogen and oxygen atoms in total. The molecule has 23 heavy (non-hydrogen) atoms. The topological polar surface area (TPSA) is 123 Å². The monoisotopic (exact) mass is 312 g/mol. The van der Waals surface area contributed by atoms with Crippen LogP contribution in [-0.4, -0.2) is 22.5 Å². The predicted molar refractivity (Wildman–Crippen MR) is 92.9 cm³/mol. The molecule has 0 aliphatic rings. The largest absolute Gasteiger partial charge is 0.380 e. The van der Waals surface area contributed by atoms with Crippen molar-refractivity contribution in [1.82, 2.24) is 9.97 Å². The minimum Gasteiger partial charge on any atom is -0.380 e.